The average molecular weight is 331 g/mol. The van der Waals surface area contributed by atoms with Crippen molar-refractivity contribution in [3.05, 3.63) is 35.4 Å². The third kappa shape index (κ3) is 3.58. The lowest BCUT2D eigenvalue weighted by atomic mass is 9.87. The maximum atomic E-state index is 13.8. The van der Waals surface area contributed by atoms with Gasteiger partial charge in [-0.25, -0.2) is 8.78 Å². The third-order valence-corrected chi connectivity index (χ3v) is 4.54. The van der Waals surface area contributed by atoms with E-state index in [1.165, 1.54) is 12.1 Å². The summed E-state index contributed by atoms with van der Waals surface area (Å²) in [5.74, 6) is -0.749. The van der Waals surface area contributed by atoms with E-state index in [1.807, 2.05) is 6.92 Å². The molecule has 0 bridgehead atoms. The molecule has 122 valence electrons. The molecule has 0 radical (unpaired) electrons. The number of hydrogen-bond acceptors (Lipinski definition) is 2. The fourth-order valence-corrected chi connectivity index (χ4v) is 2.73. The van der Waals surface area contributed by atoms with Gasteiger partial charge < -0.3 is 10.2 Å². The van der Waals surface area contributed by atoms with Gasteiger partial charge >= 0.3 is 0 Å². The van der Waals surface area contributed by atoms with Gasteiger partial charge in [0.15, 0.2) is 0 Å². The molecule has 1 aromatic carbocycles. The molecule has 1 heterocycles. The smallest absolute Gasteiger partial charge is 0.226 e. The molecule has 1 aliphatic heterocycles. The lowest BCUT2D eigenvalue weighted by Crippen LogP contribution is -2.50. The van der Waals surface area contributed by atoms with Gasteiger partial charge in [-0.05, 0) is 37.9 Å². The van der Waals surface area contributed by atoms with Crippen molar-refractivity contribution >= 4 is 18.3 Å². The lowest BCUT2D eigenvalue weighted by Gasteiger charge is -2.35. The van der Waals surface area contributed by atoms with E-state index in [4.69, 9.17) is 0 Å². The monoisotopic (exact) mass is 330 g/mol. The Kier molecular flexibility index (Phi) is 5.40. The highest BCUT2D eigenvalue weighted by molar-refractivity contribution is 5.85. The first-order chi connectivity index (χ1) is 10.1. The molecule has 0 spiro atoms. The topological polar surface area (TPSA) is 32.3 Å². The number of benzene rings is 1. The molecule has 1 N–H and O–H groups in total. The summed E-state index contributed by atoms with van der Waals surface area (Å²) in [6.07, 6.45) is 1.95. The first-order valence-corrected chi connectivity index (χ1v) is 7.51. The molecule has 1 aliphatic carbocycles. The zero-order valence-electron chi connectivity index (χ0n) is 12.5. The summed E-state index contributed by atoms with van der Waals surface area (Å²) < 4.78 is 26.8. The van der Waals surface area contributed by atoms with Crippen molar-refractivity contribution < 1.29 is 13.6 Å². The molecule has 3 rings (SSSR count). The van der Waals surface area contributed by atoms with Crippen molar-refractivity contribution in [1.82, 2.24) is 10.2 Å². The fourth-order valence-electron chi connectivity index (χ4n) is 2.73. The second-order valence-corrected chi connectivity index (χ2v) is 6.14. The highest BCUT2D eigenvalue weighted by Crippen LogP contribution is 2.32. The molecule has 3 nitrogen and oxygen atoms in total. The second-order valence-electron chi connectivity index (χ2n) is 6.14. The number of nitrogens with zero attached hydrogens (tertiary/aromatic N) is 1. The Bertz CT molecular complexity index is 547. The minimum atomic E-state index is -0.588. The van der Waals surface area contributed by atoms with Crippen LogP contribution in [0.5, 0.6) is 0 Å². The van der Waals surface area contributed by atoms with Crippen LogP contribution in [0, 0.1) is 23.5 Å². The summed E-state index contributed by atoms with van der Waals surface area (Å²) in [5, 5.41) is 3.17. The first kappa shape index (κ1) is 17.2. The van der Waals surface area contributed by atoms with E-state index < -0.39 is 11.6 Å². The Morgan fingerprint density at radius 2 is 2.05 bits per heavy atom. The Balaban J connectivity index is 0.00000176. The van der Waals surface area contributed by atoms with Crippen molar-refractivity contribution in [3.8, 4) is 0 Å². The molecule has 22 heavy (non-hydrogen) atoms. The van der Waals surface area contributed by atoms with E-state index in [9.17, 15) is 13.6 Å². The van der Waals surface area contributed by atoms with Crippen LogP contribution in [0.15, 0.2) is 18.2 Å². The molecule has 1 saturated heterocycles. The van der Waals surface area contributed by atoms with E-state index >= 15 is 0 Å². The van der Waals surface area contributed by atoms with Crippen molar-refractivity contribution in [2.24, 2.45) is 11.8 Å². The summed E-state index contributed by atoms with van der Waals surface area (Å²) in [6, 6.07) is 3.78. The summed E-state index contributed by atoms with van der Waals surface area (Å²) in [4.78, 5) is 14.4. The third-order valence-electron chi connectivity index (χ3n) is 4.54. The molecule has 1 saturated carbocycles. The quantitative estimate of drug-likeness (QED) is 0.900. The number of carbonyl (C=O) groups is 1. The van der Waals surface area contributed by atoms with Gasteiger partial charge in [-0.3, -0.25) is 4.79 Å². The molecule has 2 aliphatic rings. The van der Waals surface area contributed by atoms with Crippen LogP contribution in [0.4, 0.5) is 8.78 Å². The highest BCUT2D eigenvalue weighted by atomic mass is 35.5. The standard InChI is InChI=1S/C16H20F2N2O.ClH/c1-10(12-7-19-8-12)16(21)20(14-4-5-14)9-11-2-3-13(17)6-15(11)18;/h2-3,6,10,12,14,19H,4-5,7-9H2,1H3;1H. The number of carbonyl (C=O) groups excluding carboxylic acids is 1. The van der Waals surface area contributed by atoms with Gasteiger partial charge in [0.1, 0.15) is 11.6 Å². The van der Waals surface area contributed by atoms with Crippen LogP contribution in [0.2, 0.25) is 0 Å². The Labute approximate surface area is 135 Å². The molecule has 1 aromatic rings. The van der Waals surface area contributed by atoms with Crippen LogP contribution in [0.25, 0.3) is 0 Å². The van der Waals surface area contributed by atoms with Gasteiger partial charge in [0.25, 0.3) is 0 Å². The Morgan fingerprint density at radius 3 is 2.55 bits per heavy atom. The zero-order chi connectivity index (χ0) is 15.0. The highest BCUT2D eigenvalue weighted by Gasteiger charge is 2.38. The SMILES string of the molecule is CC(C(=O)N(Cc1ccc(F)cc1F)C1CC1)C1CNC1.Cl. The van der Waals surface area contributed by atoms with Crippen molar-refractivity contribution in [2.75, 3.05) is 13.1 Å². The Morgan fingerprint density at radius 1 is 1.36 bits per heavy atom. The van der Waals surface area contributed by atoms with Crippen LogP contribution in [-0.2, 0) is 11.3 Å². The molecule has 2 fully saturated rings. The molecular formula is C16H21ClF2N2O. The minimum absolute atomic E-state index is 0. The Hall–Kier alpha value is -1.20. The van der Waals surface area contributed by atoms with E-state index in [0.717, 1.165) is 32.0 Å². The minimum Gasteiger partial charge on any atom is -0.335 e. The number of nitrogens with one attached hydrogen (secondary N) is 1. The van der Waals surface area contributed by atoms with Gasteiger partial charge in [-0.1, -0.05) is 13.0 Å². The summed E-state index contributed by atoms with van der Waals surface area (Å²) >= 11 is 0. The van der Waals surface area contributed by atoms with E-state index in [0.29, 0.717) is 11.5 Å². The molecule has 1 amide bonds. The first-order valence-electron chi connectivity index (χ1n) is 7.51. The van der Waals surface area contributed by atoms with Crippen molar-refractivity contribution in [3.63, 3.8) is 0 Å². The van der Waals surface area contributed by atoms with E-state index in [1.54, 1.807) is 4.90 Å². The average Bonchev–Trinajstić information content (AvgIpc) is 3.19. The molecule has 1 atom stereocenters. The van der Waals surface area contributed by atoms with Crippen LogP contribution in [-0.4, -0.2) is 29.9 Å². The van der Waals surface area contributed by atoms with Crippen molar-refractivity contribution in [2.45, 2.75) is 32.4 Å². The zero-order valence-corrected chi connectivity index (χ0v) is 13.3. The van der Waals surface area contributed by atoms with Crippen LogP contribution < -0.4 is 5.32 Å². The van der Waals surface area contributed by atoms with Gasteiger partial charge in [-0.15, -0.1) is 12.4 Å². The predicted molar refractivity (Wildman–Crippen MR) is 82.7 cm³/mol. The van der Waals surface area contributed by atoms with Crippen LogP contribution >= 0.6 is 12.4 Å². The lowest BCUT2D eigenvalue weighted by molar-refractivity contribution is -0.138. The summed E-state index contributed by atoms with van der Waals surface area (Å²) in [7, 11) is 0. The van der Waals surface area contributed by atoms with Gasteiger partial charge in [0.2, 0.25) is 5.91 Å². The largest absolute Gasteiger partial charge is 0.335 e. The molecule has 0 aromatic heterocycles. The second kappa shape index (κ2) is 6.92. The molecule has 6 heteroatoms. The van der Waals surface area contributed by atoms with E-state index in [2.05, 4.69) is 5.32 Å². The number of rotatable bonds is 5. The number of hydrogen-bond donors (Lipinski definition) is 1. The van der Waals surface area contributed by atoms with E-state index in [-0.39, 0.29) is 36.8 Å². The number of amides is 1. The van der Waals surface area contributed by atoms with Crippen LogP contribution in [0.1, 0.15) is 25.3 Å². The summed E-state index contributed by atoms with van der Waals surface area (Å²) in [6.45, 7) is 3.93. The van der Waals surface area contributed by atoms with Gasteiger partial charge in [-0.2, -0.15) is 0 Å². The molecule has 1 unspecified atom stereocenters. The number of halogens is 3. The van der Waals surface area contributed by atoms with Gasteiger partial charge in [0.05, 0.1) is 0 Å². The van der Waals surface area contributed by atoms with Crippen LogP contribution in [0.3, 0.4) is 0 Å². The van der Waals surface area contributed by atoms with Gasteiger partial charge in [0, 0.05) is 30.1 Å². The maximum absolute atomic E-state index is 13.8. The normalized spacial score (nSPS) is 19.0. The molecular weight excluding hydrogens is 310 g/mol. The predicted octanol–water partition coefficient (Wildman–Crippen LogP) is 2.73. The summed E-state index contributed by atoms with van der Waals surface area (Å²) in [5.41, 5.74) is 0.385. The maximum Gasteiger partial charge on any atom is 0.226 e. The van der Waals surface area contributed by atoms with Crippen molar-refractivity contribution in [1.29, 1.82) is 0 Å². The fraction of sp³-hybridized carbons (Fsp3) is 0.562.